The number of carbonyl (C=O) groups excluding carboxylic acids is 3. The van der Waals surface area contributed by atoms with E-state index in [0.717, 1.165) is 0 Å². The SMILES string of the molecule is CC1(C)S[C@@H]2[C@H](NC(=O)[C@H](N)c3ccc(O)cc3)C(=O)N2[C@H]1C(=O)O[Si](C)(C)C. The molecule has 2 heterocycles. The van der Waals surface area contributed by atoms with Crippen LogP contribution in [0.5, 0.6) is 5.75 Å². The van der Waals surface area contributed by atoms with Crippen molar-refractivity contribution >= 4 is 37.9 Å². The molecule has 2 fully saturated rings. The Kier molecular flexibility index (Phi) is 5.48. The zero-order valence-corrected chi connectivity index (χ0v) is 18.9. The second kappa shape index (κ2) is 7.33. The molecule has 0 aromatic heterocycles. The summed E-state index contributed by atoms with van der Waals surface area (Å²) in [5, 5.41) is 11.7. The van der Waals surface area contributed by atoms with Gasteiger partial charge in [0, 0.05) is 4.75 Å². The van der Waals surface area contributed by atoms with Gasteiger partial charge in [-0.1, -0.05) is 12.1 Å². The molecule has 3 rings (SSSR count). The summed E-state index contributed by atoms with van der Waals surface area (Å²) in [4.78, 5) is 39.6. The molecule has 8 nitrogen and oxygen atoms in total. The van der Waals surface area contributed by atoms with Crippen molar-refractivity contribution in [2.24, 2.45) is 5.73 Å². The Balaban J connectivity index is 1.70. The number of hydrogen-bond donors (Lipinski definition) is 3. The predicted molar refractivity (Wildman–Crippen MR) is 112 cm³/mol. The number of amides is 2. The number of phenols is 1. The first-order valence-corrected chi connectivity index (χ1v) is 13.7. The fourth-order valence-electron chi connectivity index (χ4n) is 3.56. The fraction of sp³-hybridized carbons (Fsp3) is 0.526. The highest BCUT2D eigenvalue weighted by atomic mass is 32.2. The van der Waals surface area contributed by atoms with Crippen LogP contribution in [-0.2, 0) is 18.8 Å². The average Bonchev–Trinajstić information content (AvgIpc) is 2.86. The summed E-state index contributed by atoms with van der Waals surface area (Å²) < 4.78 is 5.11. The molecular formula is C19H27N3O5SSi. The van der Waals surface area contributed by atoms with Crippen LogP contribution < -0.4 is 11.1 Å². The number of nitrogens with zero attached hydrogens (tertiary/aromatic N) is 1. The van der Waals surface area contributed by atoms with Crippen molar-refractivity contribution in [3.63, 3.8) is 0 Å². The van der Waals surface area contributed by atoms with E-state index < -0.39 is 37.1 Å². The van der Waals surface area contributed by atoms with Gasteiger partial charge in [0.05, 0.1) is 0 Å². The summed E-state index contributed by atoms with van der Waals surface area (Å²) in [7, 11) is -2.10. The molecule has 2 saturated heterocycles. The predicted octanol–water partition coefficient (Wildman–Crippen LogP) is 1.32. The van der Waals surface area contributed by atoms with Crippen LogP contribution in [0.25, 0.3) is 0 Å². The lowest BCUT2D eigenvalue weighted by atomic mass is 9.95. The molecule has 2 aliphatic heterocycles. The smallest absolute Gasteiger partial charge is 0.317 e. The third-order valence-corrected chi connectivity index (χ3v) is 7.29. The van der Waals surface area contributed by atoms with Gasteiger partial charge in [-0.25, -0.2) is 0 Å². The molecule has 158 valence electrons. The Morgan fingerprint density at radius 1 is 1.28 bits per heavy atom. The Morgan fingerprint density at radius 2 is 1.86 bits per heavy atom. The number of β-lactam (4-membered cyclic amide) rings is 1. The minimum atomic E-state index is -2.10. The Morgan fingerprint density at radius 3 is 2.41 bits per heavy atom. The van der Waals surface area contributed by atoms with Crippen LogP contribution in [0.3, 0.4) is 0 Å². The number of nitrogens with one attached hydrogen (secondary N) is 1. The molecule has 0 unspecified atom stereocenters. The van der Waals surface area contributed by atoms with Crippen LogP contribution in [0, 0.1) is 0 Å². The maximum absolute atomic E-state index is 12.8. The van der Waals surface area contributed by atoms with Gasteiger partial charge < -0.3 is 25.5 Å². The molecule has 2 aliphatic rings. The molecule has 0 saturated carbocycles. The molecule has 0 radical (unpaired) electrons. The van der Waals surface area contributed by atoms with Crippen LogP contribution in [0.1, 0.15) is 25.5 Å². The molecule has 0 spiro atoms. The molecule has 4 N–H and O–H groups in total. The van der Waals surface area contributed by atoms with Crippen molar-refractivity contribution < 1.29 is 23.9 Å². The third kappa shape index (κ3) is 4.14. The lowest BCUT2D eigenvalue weighted by Gasteiger charge is -2.44. The van der Waals surface area contributed by atoms with E-state index in [9.17, 15) is 19.5 Å². The summed E-state index contributed by atoms with van der Waals surface area (Å²) in [5.74, 6) is -1.10. The minimum absolute atomic E-state index is 0.0759. The highest BCUT2D eigenvalue weighted by molar-refractivity contribution is 8.01. The Hall–Kier alpha value is -2.04. The molecule has 1 aromatic rings. The molecule has 0 aliphatic carbocycles. The second-order valence-corrected chi connectivity index (χ2v) is 15.0. The second-order valence-electron chi connectivity index (χ2n) is 8.85. The first kappa shape index (κ1) is 21.7. The van der Waals surface area contributed by atoms with Crippen LogP contribution in [-0.4, -0.2) is 58.3 Å². The first-order valence-electron chi connectivity index (χ1n) is 9.39. The zero-order chi connectivity index (χ0) is 21.7. The van der Waals surface area contributed by atoms with E-state index in [-0.39, 0.29) is 23.0 Å². The van der Waals surface area contributed by atoms with E-state index in [2.05, 4.69) is 5.32 Å². The van der Waals surface area contributed by atoms with Gasteiger partial charge in [-0.05, 0) is 51.2 Å². The van der Waals surface area contributed by atoms with E-state index >= 15 is 0 Å². The highest BCUT2D eigenvalue weighted by Gasteiger charge is 2.64. The summed E-state index contributed by atoms with van der Waals surface area (Å²) >= 11 is 1.47. The van der Waals surface area contributed by atoms with Gasteiger partial charge in [0.15, 0.2) is 0 Å². The van der Waals surface area contributed by atoms with E-state index in [1.165, 1.54) is 28.8 Å². The zero-order valence-electron chi connectivity index (χ0n) is 17.1. The number of benzene rings is 1. The van der Waals surface area contributed by atoms with Crippen LogP contribution in [0.4, 0.5) is 0 Å². The Labute approximate surface area is 175 Å². The number of thioether (sulfide) groups is 1. The summed E-state index contributed by atoms with van der Waals surface area (Å²) in [6, 6.07) is 3.63. The van der Waals surface area contributed by atoms with Gasteiger partial charge in [0.25, 0.3) is 0 Å². The number of nitrogens with two attached hydrogens (primary N) is 1. The quantitative estimate of drug-likeness (QED) is 0.469. The maximum atomic E-state index is 12.8. The van der Waals surface area contributed by atoms with Gasteiger partial charge in [-0.2, -0.15) is 0 Å². The lowest BCUT2D eigenvalue weighted by molar-refractivity contribution is -0.160. The summed E-state index contributed by atoms with van der Waals surface area (Å²) in [6.45, 7) is 9.57. The Bertz CT molecular complexity index is 839. The summed E-state index contributed by atoms with van der Waals surface area (Å²) in [5.41, 5.74) is 6.53. The highest BCUT2D eigenvalue weighted by Crippen LogP contribution is 2.51. The van der Waals surface area contributed by atoms with Crippen LogP contribution in [0.15, 0.2) is 24.3 Å². The monoisotopic (exact) mass is 437 g/mol. The lowest BCUT2D eigenvalue weighted by Crippen LogP contribution is -2.71. The number of rotatable bonds is 5. The third-order valence-electron chi connectivity index (χ3n) is 4.90. The number of carbonyl (C=O) groups is 3. The number of aromatic hydroxyl groups is 1. The molecule has 10 heteroatoms. The van der Waals surface area contributed by atoms with Crippen LogP contribution in [0.2, 0.25) is 19.6 Å². The van der Waals surface area contributed by atoms with E-state index in [4.69, 9.17) is 10.2 Å². The van der Waals surface area contributed by atoms with Crippen molar-refractivity contribution in [2.75, 3.05) is 0 Å². The normalized spacial score (nSPS) is 26.3. The molecule has 2 amide bonds. The van der Waals surface area contributed by atoms with E-state index in [1.807, 2.05) is 33.5 Å². The van der Waals surface area contributed by atoms with Crippen molar-refractivity contribution in [1.29, 1.82) is 0 Å². The van der Waals surface area contributed by atoms with Crippen LogP contribution >= 0.6 is 11.8 Å². The average molecular weight is 438 g/mol. The maximum Gasteiger partial charge on any atom is 0.317 e. The molecule has 0 bridgehead atoms. The summed E-state index contributed by atoms with van der Waals surface area (Å²) in [6.07, 6.45) is 0. The molecule has 1 aromatic carbocycles. The first-order chi connectivity index (χ1) is 13.3. The standard InChI is InChI=1S/C19H27N3O5SSi/c1-19(2)14(18(26)27-29(3,4)5)22-16(25)13(17(22)28-19)21-15(24)12(20)10-6-8-11(23)9-7-10/h6-9,12-14,17,23H,20H2,1-5H3,(H,21,24)/t12-,13-,14+,17-/m1/s1. The largest absolute Gasteiger partial charge is 0.518 e. The number of phenolic OH excluding ortho intramolecular Hbond substituents is 1. The van der Waals surface area contributed by atoms with Crippen molar-refractivity contribution in [1.82, 2.24) is 10.2 Å². The van der Waals surface area contributed by atoms with Gasteiger partial charge in [-0.15, -0.1) is 11.8 Å². The van der Waals surface area contributed by atoms with Gasteiger partial charge >= 0.3 is 5.97 Å². The number of fused-ring (bicyclic) bond motifs is 1. The minimum Gasteiger partial charge on any atom is -0.518 e. The van der Waals surface area contributed by atoms with E-state index in [0.29, 0.717) is 5.56 Å². The molecule has 4 atom stereocenters. The number of hydrogen-bond acceptors (Lipinski definition) is 7. The molecular weight excluding hydrogens is 410 g/mol. The molecule has 29 heavy (non-hydrogen) atoms. The topological polar surface area (TPSA) is 122 Å². The van der Waals surface area contributed by atoms with E-state index in [1.54, 1.807) is 12.1 Å². The van der Waals surface area contributed by atoms with Gasteiger partial charge in [0.2, 0.25) is 20.1 Å². The fourth-order valence-corrected chi connectivity index (χ4v) is 5.90. The van der Waals surface area contributed by atoms with Gasteiger partial charge in [-0.3, -0.25) is 14.4 Å². The van der Waals surface area contributed by atoms with Gasteiger partial charge in [0.1, 0.15) is 29.2 Å². The van der Waals surface area contributed by atoms with Crippen molar-refractivity contribution in [3.8, 4) is 5.75 Å². The van der Waals surface area contributed by atoms with Crippen molar-refractivity contribution in [2.45, 2.75) is 61.7 Å². The van der Waals surface area contributed by atoms with Crippen molar-refractivity contribution in [3.05, 3.63) is 29.8 Å².